The number of hydrogen-bond acceptors (Lipinski definition) is 5. The van der Waals surface area contributed by atoms with Crippen molar-refractivity contribution in [2.45, 2.75) is 0 Å². The fourth-order valence-electron chi connectivity index (χ4n) is 0.488. The van der Waals surface area contributed by atoms with Crippen molar-refractivity contribution in [3.8, 4) is 0 Å². The molecule has 0 radical (unpaired) electrons. The molecule has 0 N–H and O–H groups in total. The molecule has 0 bridgehead atoms. The van der Waals surface area contributed by atoms with Crippen LogP contribution in [0.4, 0.5) is 0 Å². The number of hydrogen-bond donors (Lipinski definition) is 0. The van der Waals surface area contributed by atoms with Gasteiger partial charge in [0.1, 0.15) is 11.9 Å². The van der Waals surface area contributed by atoms with Crippen LogP contribution in [0.25, 0.3) is 0 Å². The van der Waals surface area contributed by atoms with Crippen LogP contribution in [-0.4, -0.2) is 4.92 Å². The summed E-state index contributed by atoms with van der Waals surface area (Å²) < 4.78 is 0. The van der Waals surface area contributed by atoms with E-state index in [9.17, 15) is 15.2 Å². The average molecular weight is 140 g/mol. The van der Waals surface area contributed by atoms with Crippen molar-refractivity contribution < 1.29 is 10.0 Å². The summed E-state index contributed by atoms with van der Waals surface area (Å²) in [7, 11) is 0. The molecule has 6 nitrogen and oxygen atoms in total. The van der Waals surface area contributed by atoms with Crippen molar-refractivity contribution in [2.24, 2.45) is 10.2 Å². The van der Waals surface area contributed by atoms with Crippen molar-refractivity contribution in [1.82, 2.24) is 0 Å². The normalized spacial score (nSPS) is 19.6. The third kappa shape index (κ3) is 0.859. The van der Waals surface area contributed by atoms with Crippen molar-refractivity contribution in [1.29, 1.82) is 0 Å². The summed E-state index contributed by atoms with van der Waals surface area (Å²) in [6.07, 6.45) is 1.23. The zero-order valence-electron chi connectivity index (χ0n) is 4.72. The van der Waals surface area contributed by atoms with E-state index in [-0.39, 0.29) is 11.4 Å². The second-order valence-corrected chi connectivity index (χ2v) is 1.49. The van der Waals surface area contributed by atoms with Gasteiger partial charge in [-0.25, -0.2) is 0 Å². The van der Waals surface area contributed by atoms with Crippen LogP contribution in [0.15, 0.2) is 34.1 Å². The minimum absolute atomic E-state index is 0.231. The lowest BCUT2D eigenvalue weighted by molar-refractivity contribution is -0.421. The molecule has 0 unspecified atom stereocenters. The van der Waals surface area contributed by atoms with Gasteiger partial charge in [0.05, 0.1) is 4.92 Å². The average Bonchev–Trinajstić information content (AvgIpc) is 2.33. The number of nitrogens with zero attached hydrogens (tertiary/aromatic N) is 3. The van der Waals surface area contributed by atoms with Crippen LogP contribution in [0.3, 0.4) is 0 Å². The van der Waals surface area contributed by atoms with Crippen LogP contribution < -0.4 is 5.11 Å². The molecule has 0 saturated heterocycles. The van der Waals surface area contributed by atoms with E-state index in [0.29, 0.717) is 6.26 Å². The molecule has 6 heteroatoms. The van der Waals surface area contributed by atoms with Gasteiger partial charge in [0.25, 0.3) is 0 Å². The van der Waals surface area contributed by atoms with Crippen LogP contribution in [0.5, 0.6) is 0 Å². The minimum Gasteiger partial charge on any atom is -0.876 e. The summed E-state index contributed by atoms with van der Waals surface area (Å²) in [6, 6.07) is 0. The van der Waals surface area contributed by atoms with E-state index in [4.69, 9.17) is 0 Å². The zero-order chi connectivity index (χ0) is 7.56. The van der Waals surface area contributed by atoms with E-state index in [0.717, 1.165) is 6.20 Å². The number of azo groups is 1. The van der Waals surface area contributed by atoms with Gasteiger partial charge in [-0.2, -0.15) is 5.11 Å². The van der Waals surface area contributed by atoms with Crippen LogP contribution >= 0.6 is 0 Å². The van der Waals surface area contributed by atoms with Crippen molar-refractivity contribution in [3.63, 3.8) is 0 Å². The standard InChI is InChI=1S/C4H3N3O3/c8-2-3-4(7(9)10)1-5-6-3/h1-2,8H/p-1. The lowest BCUT2D eigenvalue weighted by Gasteiger charge is -1.92. The molecule has 1 heterocycles. The van der Waals surface area contributed by atoms with Crippen LogP contribution in [0, 0.1) is 10.1 Å². The lowest BCUT2D eigenvalue weighted by Crippen LogP contribution is -2.01. The molecule has 0 aromatic carbocycles. The second kappa shape index (κ2) is 2.26. The number of nitro groups is 1. The highest BCUT2D eigenvalue weighted by Crippen LogP contribution is 2.17. The molecule has 0 fully saturated rings. The maximum absolute atomic E-state index is 10.0. The summed E-state index contributed by atoms with van der Waals surface area (Å²) in [4.78, 5) is 9.30. The Kier molecular flexibility index (Phi) is 1.44. The quantitative estimate of drug-likeness (QED) is 0.286. The van der Waals surface area contributed by atoms with Crippen molar-refractivity contribution in [3.05, 3.63) is 34.0 Å². The Bertz CT molecular complexity index is 252. The molecular formula is C4H2N3O3-. The summed E-state index contributed by atoms with van der Waals surface area (Å²) in [5, 5.41) is 26.4. The molecular weight excluding hydrogens is 138 g/mol. The topological polar surface area (TPSA) is 90.9 Å². The molecule has 10 heavy (non-hydrogen) atoms. The molecule has 0 aromatic heterocycles. The third-order valence-electron chi connectivity index (χ3n) is 0.916. The molecule has 1 rings (SSSR count). The first-order valence-corrected chi connectivity index (χ1v) is 2.33. The highest BCUT2D eigenvalue weighted by molar-refractivity contribution is 5.23. The molecule has 0 spiro atoms. The maximum Gasteiger partial charge on any atom is 0.315 e. The first-order valence-electron chi connectivity index (χ1n) is 2.33. The first kappa shape index (κ1) is 6.40. The predicted molar refractivity (Wildman–Crippen MR) is 28.0 cm³/mol. The van der Waals surface area contributed by atoms with E-state index in [1.54, 1.807) is 0 Å². The summed E-state index contributed by atoms with van der Waals surface area (Å²) >= 11 is 0. The molecule has 0 amide bonds. The Morgan fingerprint density at radius 2 is 2.40 bits per heavy atom. The van der Waals surface area contributed by atoms with E-state index in [2.05, 4.69) is 10.2 Å². The smallest absolute Gasteiger partial charge is 0.315 e. The van der Waals surface area contributed by atoms with Gasteiger partial charge >= 0.3 is 5.70 Å². The van der Waals surface area contributed by atoms with Gasteiger partial charge in [-0.05, 0) is 0 Å². The predicted octanol–water partition coefficient (Wildman–Crippen LogP) is -0.228. The fraction of sp³-hybridized carbons (Fsp3) is 0. The van der Waals surface area contributed by atoms with Gasteiger partial charge in [0.15, 0.2) is 0 Å². The Labute approximate surface area is 55.3 Å². The van der Waals surface area contributed by atoms with Gasteiger partial charge < -0.3 is 5.11 Å². The van der Waals surface area contributed by atoms with Gasteiger partial charge in [0.2, 0.25) is 0 Å². The maximum atomic E-state index is 10.0. The van der Waals surface area contributed by atoms with E-state index < -0.39 is 4.92 Å². The lowest BCUT2D eigenvalue weighted by atomic mass is 10.4. The minimum atomic E-state index is -0.705. The first-order chi connectivity index (χ1) is 4.75. The Morgan fingerprint density at radius 3 is 2.80 bits per heavy atom. The van der Waals surface area contributed by atoms with Crippen molar-refractivity contribution in [2.75, 3.05) is 0 Å². The highest BCUT2D eigenvalue weighted by Gasteiger charge is 2.18. The third-order valence-corrected chi connectivity index (χ3v) is 0.916. The van der Waals surface area contributed by atoms with Crippen molar-refractivity contribution >= 4 is 0 Å². The Hall–Kier alpha value is -1.72. The van der Waals surface area contributed by atoms with Crippen LogP contribution in [0.2, 0.25) is 0 Å². The molecule has 52 valence electrons. The van der Waals surface area contributed by atoms with Crippen LogP contribution in [-0.2, 0) is 0 Å². The van der Waals surface area contributed by atoms with Gasteiger partial charge in [-0.1, -0.05) is 0 Å². The molecule has 0 atom stereocenters. The largest absolute Gasteiger partial charge is 0.876 e. The van der Waals surface area contributed by atoms with Gasteiger partial charge in [0, 0.05) is 0 Å². The van der Waals surface area contributed by atoms with E-state index >= 15 is 0 Å². The van der Waals surface area contributed by atoms with Crippen LogP contribution in [0.1, 0.15) is 0 Å². The summed E-state index contributed by atoms with van der Waals surface area (Å²) in [5.74, 6) is 0. The SMILES string of the molecule is O=[N+]([O-])C1=CN=NC1=C[O-]. The summed E-state index contributed by atoms with van der Waals surface area (Å²) in [6.45, 7) is 0. The van der Waals surface area contributed by atoms with E-state index in [1.165, 1.54) is 0 Å². The molecule has 0 saturated carbocycles. The van der Waals surface area contributed by atoms with E-state index in [1.807, 2.05) is 0 Å². The monoisotopic (exact) mass is 140 g/mol. The Balaban J connectivity index is 2.93. The second-order valence-electron chi connectivity index (χ2n) is 1.49. The highest BCUT2D eigenvalue weighted by atomic mass is 16.6. The fourth-order valence-corrected chi connectivity index (χ4v) is 0.488. The van der Waals surface area contributed by atoms with Gasteiger partial charge in [-0.3, -0.25) is 10.1 Å². The van der Waals surface area contributed by atoms with Gasteiger partial charge in [-0.15, -0.1) is 11.4 Å². The zero-order valence-corrected chi connectivity index (χ0v) is 4.72. The molecule has 0 aromatic rings. The Morgan fingerprint density at radius 1 is 1.70 bits per heavy atom. The molecule has 0 aliphatic carbocycles. The molecule has 1 aliphatic heterocycles. The number of rotatable bonds is 1. The summed E-state index contributed by atoms with van der Waals surface area (Å²) in [5.41, 5.74) is -0.583. The molecule has 1 aliphatic rings.